The van der Waals surface area contributed by atoms with Gasteiger partial charge in [0, 0.05) is 48.8 Å². The lowest BCUT2D eigenvalue weighted by Gasteiger charge is -2.19. The molecular weight excluding hydrogens is 492 g/mol. The van der Waals surface area contributed by atoms with Crippen LogP contribution >= 0.6 is 11.3 Å². The van der Waals surface area contributed by atoms with Crippen molar-refractivity contribution in [3.63, 3.8) is 0 Å². The maximum absolute atomic E-state index is 10.2. The van der Waals surface area contributed by atoms with Crippen LogP contribution in [0.4, 0.5) is 10.8 Å². The highest BCUT2D eigenvalue weighted by Crippen LogP contribution is 2.34. The van der Waals surface area contributed by atoms with E-state index in [9.17, 15) is 9.59 Å². The van der Waals surface area contributed by atoms with E-state index in [1.165, 1.54) is 34.5 Å². The topological polar surface area (TPSA) is 74.3 Å². The highest BCUT2D eigenvalue weighted by Gasteiger charge is 2.17. The molecule has 0 amide bonds. The number of carbonyl (C=O) groups excluding carboxylic acids is 2. The summed E-state index contributed by atoms with van der Waals surface area (Å²) in [5.74, 6) is 0.670. The van der Waals surface area contributed by atoms with Gasteiger partial charge in [-0.25, -0.2) is 4.98 Å². The van der Waals surface area contributed by atoms with E-state index in [2.05, 4.69) is 52.7 Å². The van der Waals surface area contributed by atoms with Crippen molar-refractivity contribution < 1.29 is 9.59 Å². The molecule has 1 fully saturated rings. The Bertz CT molecular complexity index is 1140. The molecule has 0 radical (unpaired) electrons. The molecule has 2 aliphatic heterocycles. The Morgan fingerprint density at radius 2 is 1.82 bits per heavy atom. The summed E-state index contributed by atoms with van der Waals surface area (Å²) in [6.07, 6.45) is 6.17. The molecule has 3 aromatic rings. The van der Waals surface area contributed by atoms with Gasteiger partial charge in [-0.2, -0.15) is 0 Å². The third-order valence-electron chi connectivity index (χ3n) is 6.69. The molecule has 0 atom stereocenters. The van der Waals surface area contributed by atoms with E-state index in [0.717, 1.165) is 67.0 Å². The van der Waals surface area contributed by atoms with Crippen molar-refractivity contribution in [2.75, 3.05) is 43.9 Å². The lowest BCUT2D eigenvalue weighted by Crippen LogP contribution is -2.27. The fraction of sp³-hybridized carbons (Fsp3) is 0.452. The molecule has 0 unspecified atom stereocenters. The number of nitrogens with one attached hydrogen (secondary N) is 2. The summed E-state index contributed by atoms with van der Waals surface area (Å²) >= 11 is 1.71. The summed E-state index contributed by atoms with van der Waals surface area (Å²) in [7, 11) is 4.07. The van der Waals surface area contributed by atoms with Gasteiger partial charge in [0.05, 0.1) is 5.69 Å². The molecule has 3 heterocycles. The highest BCUT2D eigenvalue weighted by molar-refractivity contribution is 7.15. The number of likely N-dealkylation sites (N-methyl/N-ethyl adjacent to an activating group) is 1. The van der Waals surface area contributed by atoms with Gasteiger partial charge in [-0.1, -0.05) is 44.2 Å². The molecule has 1 aromatic heterocycles. The van der Waals surface area contributed by atoms with Crippen molar-refractivity contribution in [1.82, 2.24) is 10.3 Å². The van der Waals surface area contributed by atoms with Crippen LogP contribution in [-0.4, -0.2) is 51.3 Å². The number of aldehydes is 2. The van der Waals surface area contributed by atoms with Crippen molar-refractivity contribution >= 4 is 34.7 Å². The zero-order valence-electron chi connectivity index (χ0n) is 23.8. The number of nitrogens with zero attached hydrogens (tertiary/aromatic N) is 2. The molecule has 0 aliphatic carbocycles. The Morgan fingerprint density at radius 1 is 1.11 bits per heavy atom. The summed E-state index contributed by atoms with van der Waals surface area (Å²) in [4.78, 5) is 28.5. The molecule has 2 aliphatic rings. The fourth-order valence-corrected chi connectivity index (χ4v) is 5.25. The first-order valence-electron chi connectivity index (χ1n) is 13.6. The SMILES string of the molecule is CC.CNc1nc(-c2ccc3c(c2)CCN3C)c(C)s1.Cc1ccccc1C=O.O=CCC1CCNCC1. The van der Waals surface area contributed by atoms with Crippen molar-refractivity contribution in [2.24, 2.45) is 5.92 Å². The van der Waals surface area contributed by atoms with Crippen LogP contribution in [0.2, 0.25) is 0 Å². The number of thiazole rings is 1. The predicted molar refractivity (Wildman–Crippen MR) is 163 cm³/mol. The summed E-state index contributed by atoms with van der Waals surface area (Å²) in [6.45, 7) is 11.4. The van der Waals surface area contributed by atoms with Gasteiger partial charge >= 0.3 is 0 Å². The van der Waals surface area contributed by atoms with Gasteiger partial charge in [-0.3, -0.25) is 4.79 Å². The Labute approximate surface area is 232 Å². The van der Waals surface area contributed by atoms with Crippen molar-refractivity contribution in [3.8, 4) is 11.3 Å². The molecule has 6 nitrogen and oxygen atoms in total. The summed E-state index contributed by atoms with van der Waals surface area (Å²) in [5.41, 5.74) is 6.96. The Kier molecular flexibility index (Phi) is 13.7. The second kappa shape index (κ2) is 16.7. The average Bonchev–Trinajstić information content (AvgIpc) is 3.53. The number of aryl methyl sites for hydroxylation is 2. The number of hydrogen-bond donors (Lipinski definition) is 2. The summed E-state index contributed by atoms with van der Waals surface area (Å²) in [5, 5.41) is 7.36. The molecule has 206 valence electrons. The second-order valence-corrected chi connectivity index (χ2v) is 10.5. The number of benzene rings is 2. The van der Waals surface area contributed by atoms with E-state index in [0.29, 0.717) is 5.92 Å². The minimum absolute atomic E-state index is 0.670. The third-order valence-corrected chi connectivity index (χ3v) is 7.68. The Hall–Kier alpha value is -3.03. The number of anilines is 2. The molecule has 1 saturated heterocycles. The molecule has 2 N–H and O–H groups in total. The summed E-state index contributed by atoms with van der Waals surface area (Å²) in [6, 6.07) is 14.2. The average molecular weight is 537 g/mol. The maximum Gasteiger partial charge on any atom is 0.183 e. The lowest BCUT2D eigenvalue weighted by atomic mass is 9.96. The highest BCUT2D eigenvalue weighted by atomic mass is 32.1. The zero-order valence-corrected chi connectivity index (χ0v) is 24.7. The predicted octanol–water partition coefficient (Wildman–Crippen LogP) is 6.56. The molecule has 0 bridgehead atoms. The Balaban J connectivity index is 0.000000214. The third kappa shape index (κ3) is 9.07. The Morgan fingerprint density at radius 3 is 2.39 bits per heavy atom. The van der Waals surface area contributed by atoms with Crippen LogP contribution in [0.1, 0.15) is 59.5 Å². The van der Waals surface area contributed by atoms with E-state index in [1.807, 2.05) is 52.1 Å². The number of rotatable bonds is 5. The van der Waals surface area contributed by atoms with Crippen LogP contribution in [0.15, 0.2) is 42.5 Å². The molecule has 7 heteroatoms. The number of carbonyl (C=O) groups is 2. The van der Waals surface area contributed by atoms with Crippen LogP contribution in [0.3, 0.4) is 0 Å². The smallest absolute Gasteiger partial charge is 0.183 e. The lowest BCUT2D eigenvalue weighted by molar-refractivity contribution is -0.108. The van der Waals surface area contributed by atoms with Gasteiger partial charge < -0.3 is 20.3 Å². The molecule has 38 heavy (non-hydrogen) atoms. The number of piperidine rings is 1. The largest absolute Gasteiger partial charge is 0.374 e. The van der Waals surface area contributed by atoms with Gasteiger partial charge in [0.2, 0.25) is 0 Å². The normalized spacial score (nSPS) is 14.0. The van der Waals surface area contributed by atoms with Gasteiger partial charge in [0.25, 0.3) is 0 Å². The number of aromatic nitrogens is 1. The molecular formula is C31H44N4O2S. The van der Waals surface area contributed by atoms with Crippen LogP contribution in [0.5, 0.6) is 0 Å². The number of fused-ring (bicyclic) bond motifs is 1. The first-order chi connectivity index (χ1) is 18.5. The number of hydrogen-bond acceptors (Lipinski definition) is 7. The molecule has 2 aromatic carbocycles. The quantitative estimate of drug-likeness (QED) is 0.360. The zero-order chi connectivity index (χ0) is 27.9. The monoisotopic (exact) mass is 536 g/mol. The standard InChI is InChI=1S/C14H17N3S.C8H8O.C7H13NO.C2H6/c1-9-13(16-14(15-2)18-9)11-4-5-12-10(8-11)6-7-17(12)3;1-7-4-2-3-5-8(7)6-9;9-6-3-7-1-4-8-5-2-7;1-2/h4-5,8H,6-7H2,1-3H3,(H,15,16);2-6H,1H3;6-8H,1-5H2;1-2H3. The second-order valence-electron chi connectivity index (χ2n) is 9.26. The van der Waals surface area contributed by atoms with Crippen LogP contribution in [0.25, 0.3) is 11.3 Å². The van der Waals surface area contributed by atoms with Gasteiger partial charge in [0.1, 0.15) is 12.6 Å². The van der Waals surface area contributed by atoms with Crippen LogP contribution in [0, 0.1) is 19.8 Å². The van der Waals surface area contributed by atoms with E-state index < -0.39 is 0 Å². The first-order valence-corrected chi connectivity index (χ1v) is 14.4. The van der Waals surface area contributed by atoms with E-state index in [4.69, 9.17) is 0 Å². The fourth-order valence-electron chi connectivity index (χ4n) is 4.46. The van der Waals surface area contributed by atoms with Crippen molar-refractivity contribution in [1.29, 1.82) is 0 Å². The molecule has 0 spiro atoms. The minimum atomic E-state index is 0.670. The van der Waals surface area contributed by atoms with Crippen LogP contribution in [-0.2, 0) is 11.2 Å². The van der Waals surface area contributed by atoms with Gasteiger partial charge in [0.15, 0.2) is 5.13 Å². The minimum Gasteiger partial charge on any atom is -0.374 e. The van der Waals surface area contributed by atoms with E-state index in [1.54, 1.807) is 11.3 Å². The molecule has 5 rings (SSSR count). The molecule has 0 saturated carbocycles. The van der Waals surface area contributed by atoms with E-state index >= 15 is 0 Å². The van der Waals surface area contributed by atoms with Gasteiger partial charge in [-0.05, 0) is 75.4 Å². The van der Waals surface area contributed by atoms with Gasteiger partial charge in [-0.15, -0.1) is 11.3 Å². The summed E-state index contributed by atoms with van der Waals surface area (Å²) < 4.78 is 0. The first kappa shape index (κ1) is 31.2. The van der Waals surface area contributed by atoms with Crippen molar-refractivity contribution in [2.45, 2.75) is 53.4 Å². The van der Waals surface area contributed by atoms with E-state index in [-0.39, 0.29) is 0 Å². The van der Waals surface area contributed by atoms with Crippen LogP contribution < -0.4 is 15.5 Å². The maximum atomic E-state index is 10.2. The van der Waals surface area contributed by atoms with Crippen molar-refractivity contribution in [3.05, 3.63) is 64.0 Å².